The number of aromatic amines is 1. The molecule has 1 fully saturated rings. The third-order valence-corrected chi connectivity index (χ3v) is 7.97. The Kier molecular flexibility index (Phi) is 4.93. The third-order valence-electron chi connectivity index (χ3n) is 6.10. The number of nitrogens with one attached hydrogen (secondary N) is 2. The second-order valence-electron chi connectivity index (χ2n) is 9.08. The molecule has 0 bridgehead atoms. The minimum atomic E-state index is -3.21. The van der Waals surface area contributed by atoms with Crippen molar-refractivity contribution >= 4 is 27.3 Å². The largest absolute Gasteiger partial charge is 0.321 e. The monoisotopic (exact) mass is 416 g/mol. The zero-order chi connectivity index (χ0) is 20.8. The maximum absolute atomic E-state index is 12.8. The second kappa shape index (κ2) is 7.16. The molecular weight excluding hydrogens is 388 g/mol. The molecule has 156 valence electrons. The molecule has 0 spiro atoms. The summed E-state index contributed by atoms with van der Waals surface area (Å²) in [5.74, 6) is 0.463. The zero-order valence-electron chi connectivity index (χ0n) is 17.2. The fraction of sp³-hybridized carbons (Fsp3) is 0.524. The number of amides is 1. The van der Waals surface area contributed by atoms with E-state index in [2.05, 4.69) is 36.3 Å². The van der Waals surface area contributed by atoms with E-state index >= 15 is 0 Å². The molecule has 4 rings (SSSR count). The lowest BCUT2D eigenvalue weighted by molar-refractivity contribution is 0.102. The number of rotatable bonds is 3. The molecule has 2 N–H and O–H groups in total. The van der Waals surface area contributed by atoms with Crippen LogP contribution in [-0.2, 0) is 22.9 Å². The van der Waals surface area contributed by atoms with Gasteiger partial charge in [0.1, 0.15) is 0 Å². The summed E-state index contributed by atoms with van der Waals surface area (Å²) in [7, 11) is -3.21. The van der Waals surface area contributed by atoms with Crippen LogP contribution in [0.25, 0.3) is 0 Å². The third kappa shape index (κ3) is 3.90. The highest BCUT2D eigenvalue weighted by Crippen LogP contribution is 2.37. The Balaban J connectivity index is 1.49. The number of anilines is 2. The van der Waals surface area contributed by atoms with Gasteiger partial charge in [-0.3, -0.25) is 14.2 Å². The molecule has 29 heavy (non-hydrogen) atoms. The van der Waals surface area contributed by atoms with E-state index in [1.165, 1.54) is 4.31 Å². The Bertz CT molecular complexity index is 1020. The lowest BCUT2D eigenvalue weighted by Crippen LogP contribution is -2.28. The average Bonchev–Trinajstić information content (AvgIpc) is 3.23. The van der Waals surface area contributed by atoms with Crippen LogP contribution < -0.4 is 9.62 Å². The maximum Gasteiger partial charge on any atom is 0.276 e. The van der Waals surface area contributed by atoms with Gasteiger partial charge >= 0.3 is 0 Å². The number of fused-ring (bicyclic) bond motifs is 1. The van der Waals surface area contributed by atoms with Gasteiger partial charge in [0.2, 0.25) is 10.0 Å². The topological polar surface area (TPSA) is 95.2 Å². The molecule has 7 nitrogen and oxygen atoms in total. The van der Waals surface area contributed by atoms with Crippen LogP contribution in [0.15, 0.2) is 24.3 Å². The summed E-state index contributed by atoms with van der Waals surface area (Å²) in [6.45, 7) is 7.22. The van der Waals surface area contributed by atoms with Crippen LogP contribution >= 0.6 is 0 Å². The predicted molar refractivity (Wildman–Crippen MR) is 114 cm³/mol. The Morgan fingerprint density at radius 1 is 1.24 bits per heavy atom. The van der Waals surface area contributed by atoms with Crippen molar-refractivity contribution in [3.63, 3.8) is 0 Å². The molecule has 8 heteroatoms. The highest BCUT2D eigenvalue weighted by molar-refractivity contribution is 7.93. The van der Waals surface area contributed by atoms with Crippen LogP contribution in [0.5, 0.6) is 0 Å². The number of aromatic nitrogens is 2. The first-order valence-electron chi connectivity index (χ1n) is 10.1. The molecule has 1 amide bonds. The van der Waals surface area contributed by atoms with Crippen LogP contribution in [0, 0.1) is 11.3 Å². The molecule has 0 radical (unpaired) electrons. The van der Waals surface area contributed by atoms with Crippen LogP contribution in [0.4, 0.5) is 11.4 Å². The van der Waals surface area contributed by atoms with E-state index in [0.29, 0.717) is 36.0 Å². The van der Waals surface area contributed by atoms with Crippen molar-refractivity contribution in [1.29, 1.82) is 0 Å². The lowest BCUT2D eigenvalue weighted by Gasteiger charge is -2.33. The van der Waals surface area contributed by atoms with Gasteiger partial charge in [0.25, 0.3) is 5.91 Å². The standard InChI is InChI=1S/C21H28N4O3S/c1-21(2,3)14-5-10-18-17(13-14)19(24-23-18)20(26)22-15-6-8-16(9-7-15)25-11-4-12-29(25,27)28/h6-9,14H,4-5,10-13H2,1-3H3,(H,22,26)(H,23,24)/t14-/m0/s1. The average molecular weight is 417 g/mol. The molecule has 1 aliphatic carbocycles. The fourth-order valence-corrected chi connectivity index (χ4v) is 5.82. The van der Waals surface area contributed by atoms with E-state index in [-0.39, 0.29) is 17.1 Å². The van der Waals surface area contributed by atoms with Gasteiger partial charge in [0.15, 0.2) is 5.69 Å². The quantitative estimate of drug-likeness (QED) is 0.802. The number of H-pyrrole nitrogens is 1. The van der Waals surface area contributed by atoms with Crippen molar-refractivity contribution in [2.24, 2.45) is 11.3 Å². The van der Waals surface area contributed by atoms with Crippen molar-refractivity contribution in [3.8, 4) is 0 Å². The second-order valence-corrected chi connectivity index (χ2v) is 11.1. The highest BCUT2D eigenvalue weighted by atomic mass is 32.2. The van der Waals surface area contributed by atoms with Gasteiger partial charge in [-0.2, -0.15) is 5.10 Å². The van der Waals surface area contributed by atoms with Gasteiger partial charge in [-0.25, -0.2) is 8.42 Å². The maximum atomic E-state index is 12.8. The summed E-state index contributed by atoms with van der Waals surface area (Å²) in [5.41, 5.74) is 3.98. The SMILES string of the molecule is CC(C)(C)[C@H]1CCc2[nH]nc(C(=O)Nc3ccc(N4CCCS4(=O)=O)cc3)c2C1. The lowest BCUT2D eigenvalue weighted by atomic mass is 9.71. The first kappa shape index (κ1) is 19.9. The van der Waals surface area contributed by atoms with E-state index < -0.39 is 10.0 Å². The Morgan fingerprint density at radius 2 is 1.97 bits per heavy atom. The predicted octanol–water partition coefficient (Wildman–Crippen LogP) is 3.35. The number of sulfonamides is 1. The normalized spacial score (nSPS) is 21.1. The van der Waals surface area contributed by atoms with Crippen LogP contribution in [0.2, 0.25) is 0 Å². The molecular formula is C21H28N4O3S. The number of nitrogens with zero attached hydrogens (tertiary/aromatic N) is 2. The molecule has 1 saturated heterocycles. The van der Waals surface area contributed by atoms with Crippen molar-refractivity contribution in [2.75, 3.05) is 21.9 Å². The molecule has 0 saturated carbocycles. The van der Waals surface area contributed by atoms with E-state index in [0.717, 1.165) is 30.5 Å². The number of carbonyl (C=O) groups excluding carboxylic acids is 1. The van der Waals surface area contributed by atoms with Gasteiger partial charge in [0.05, 0.1) is 11.4 Å². The summed E-state index contributed by atoms with van der Waals surface area (Å²) in [6, 6.07) is 6.93. The van der Waals surface area contributed by atoms with Gasteiger partial charge in [0, 0.05) is 23.5 Å². The summed E-state index contributed by atoms with van der Waals surface area (Å²) in [4.78, 5) is 12.8. The first-order valence-corrected chi connectivity index (χ1v) is 11.7. The zero-order valence-corrected chi connectivity index (χ0v) is 18.0. The van der Waals surface area contributed by atoms with Crippen LogP contribution in [0.3, 0.4) is 0 Å². The Hall–Kier alpha value is -2.35. The van der Waals surface area contributed by atoms with Gasteiger partial charge in [-0.15, -0.1) is 0 Å². The summed E-state index contributed by atoms with van der Waals surface area (Å²) in [6.07, 6.45) is 3.50. The molecule has 2 aliphatic rings. The van der Waals surface area contributed by atoms with Crippen LogP contribution in [0.1, 0.15) is 55.4 Å². The number of hydrogen-bond acceptors (Lipinski definition) is 4. The van der Waals surface area contributed by atoms with E-state index in [9.17, 15) is 13.2 Å². The fourth-order valence-electron chi connectivity index (χ4n) is 4.25. The van der Waals surface area contributed by atoms with Crippen molar-refractivity contribution < 1.29 is 13.2 Å². The Labute approximate surface area is 171 Å². The summed E-state index contributed by atoms with van der Waals surface area (Å²) < 4.78 is 25.5. The van der Waals surface area contributed by atoms with Crippen LogP contribution in [-0.4, -0.2) is 36.8 Å². The molecule has 1 aromatic carbocycles. The number of hydrogen-bond donors (Lipinski definition) is 2. The number of carbonyl (C=O) groups is 1. The van der Waals surface area contributed by atoms with Crippen molar-refractivity contribution in [1.82, 2.24) is 10.2 Å². The minimum Gasteiger partial charge on any atom is -0.321 e. The molecule has 1 aromatic heterocycles. The van der Waals surface area contributed by atoms with Gasteiger partial charge in [-0.05, 0) is 61.3 Å². The highest BCUT2D eigenvalue weighted by Gasteiger charge is 2.33. The molecule has 1 aliphatic heterocycles. The Morgan fingerprint density at radius 3 is 2.59 bits per heavy atom. The van der Waals surface area contributed by atoms with E-state index in [1.807, 2.05) is 0 Å². The van der Waals surface area contributed by atoms with E-state index in [1.54, 1.807) is 24.3 Å². The van der Waals surface area contributed by atoms with Gasteiger partial charge in [-0.1, -0.05) is 20.8 Å². The van der Waals surface area contributed by atoms with Gasteiger partial charge < -0.3 is 5.32 Å². The first-order chi connectivity index (χ1) is 13.6. The van der Waals surface area contributed by atoms with Crippen molar-refractivity contribution in [2.45, 2.75) is 46.5 Å². The number of benzene rings is 1. The molecule has 0 unspecified atom stereocenters. The smallest absolute Gasteiger partial charge is 0.276 e. The van der Waals surface area contributed by atoms with E-state index in [4.69, 9.17) is 0 Å². The molecule has 1 atom stereocenters. The summed E-state index contributed by atoms with van der Waals surface area (Å²) >= 11 is 0. The summed E-state index contributed by atoms with van der Waals surface area (Å²) in [5, 5.41) is 10.2. The minimum absolute atomic E-state index is 0.186. The number of aryl methyl sites for hydroxylation is 1. The molecule has 2 aromatic rings. The molecule has 2 heterocycles. The van der Waals surface area contributed by atoms with Crippen molar-refractivity contribution in [3.05, 3.63) is 41.2 Å².